The molecule has 0 unspecified atom stereocenters. The van der Waals surface area contributed by atoms with Crippen LogP contribution in [0, 0.1) is 15.9 Å². The van der Waals surface area contributed by atoms with Crippen molar-refractivity contribution in [2.24, 2.45) is 0 Å². The Bertz CT molecular complexity index is 813. The van der Waals surface area contributed by atoms with E-state index in [-0.39, 0.29) is 17.6 Å². The highest BCUT2D eigenvalue weighted by Crippen LogP contribution is 2.26. The lowest BCUT2D eigenvalue weighted by atomic mass is 10.1. The van der Waals surface area contributed by atoms with Gasteiger partial charge in [-0.25, -0.2) is 4.39 Å². The number of nitrogens with zero attached hydrogens (tertiary/aromatic N) is 3. The van der Waals surface area contributed by atoms with E-state index < -0.39 is 10.7 Å². The molecule has 2 aromatic carbocycles. The second-order valence-corrected chi connectivity index (χ2v) is 6.44. The molecule has 26 heavy (non-hydrogen) atoms. The number of non-ortho nitro benzene ring substituents is 1. The Kier molecular flexibility index (Phi) is 5.16. The molecule has 0 bridgehead atoms. The van der Waals surface area contributed by atoms with Crippen molar-refractivity contribution in [3.05, 3.63) is 70.0 Å². The predicted molar refractivity (Wildman–Crippen MR) is 96.6 cm³/mol. The molecule has 3 rings (SSSR count). The minimum Gasteiger partial charge on any atom is -0.365 e. The average molecular weight is 357 g/mol. The number of benzene rings is 2. The summed E-state index contributed by atoms with van der Waals surface area (Å²) in [6, 6.07) is 13.2. The fourth-order valence-corrected chi connectivity index (χ4v) is 3.28. The summed E-state index contributed by atoms with van der Waals surface area (Å²) in [5.74, 6) is -0.567. The number of nitro benzene ring substituents is 1. The molecular weight excluding hydrogens is 337 g/mol. The molecule has 1 aliphatic heterocycles. The maximum atomic E-state index is 14.2. The highest BCUT2D eigenvalue weighted by molar-refractivity contribution is 5.79. The number of halogens is 1. The quantitative estimate of drug-likeness (QED) is 0.623. The molecule has 0 aliphatic carbocycles. The first-order chi connectivity index (χ1) is 12.5. The van der Waals surface area contributed by atoms with E-state index in [2.05, 4.69) is 0 Å². The first kappa shape index (κ1) is 17.8. The molecule has 0 aromatic heterocycles. The molecule has 0 saturated carbocycles. The van der Waals surface area contributed by atoms with E-state index in [0.717, 1.165) is 11.6 Å². The lowest BCUT2D eigenvalue weighted by Gasteiger charge is -2.41. The van der Waals surface area contributed by atoms with E-state index in [9.17, 15) is 19.3 Å². The third kappa shape index (κ3) is 3.82. The number of piperazine rings is 1. The van der Waals surface area contributed by atoms with Gasteiger partial charge < -0.3 is 9.80 Å². The van der Waals surface area contributed by atoms with E-state index >= 15 is 0 Å². The molecule has 1 saturated heterocycles. The highest BCUT2D eigenvalue weighted by atomic mass is 19.1. The van der Waals surface area contributed by atoms with Crippen molar-refractivity contribution >= 4 is 17.3 Å². The second-order valence-electron chi connectivity index (χ2n) is 6.44. The van der Waals surface area contributed by atoms with E-state index in [1.54, 1.807) is 0 Å². The normalized spacial score (nSPS) is 17.2. The van der Waals surface area contributed by atoms with Crippen LogP contribution in [-0.2, 0) is 11.2 Å². The molecule has 7 heteroatoms. The van der Waals surface area contributed by atoms with Gasteiger partial charge in [0.25, 0.3) is 5.69 Å². The molecule has 0 N–H and O–H groups in total. The molecule has 1 aliphatic rings. The molecule has 1 atom stereocenters. The Labute approximate surface area is 151 Å². The van der Waals surface area contributed by atoms with E-state index in [1.165, 1.54) is 12.1 Å². The molecule has 0 radical (unpaired) electrons. The van der Waals surface area contributed by atoms with Gasteiger partial charge in [-0.05, 0) is 18.6 Å². The van der Waals surface area contributed by atoms with Gasteiger partial charge in [0.2, 0.25) is 5.91 Å². The van der Waals surface area contributed by atoms with Crippen LogP contribution in [0.25, 0.3) is 0 Å². The predicted octanol–water partition coefficient (Wildman–Crippen LogP) is 3.01. The zero-order chi connectivity index (χ0) is 18.7. The van der Waals surface area contributed by atoms with E-state index in [0.29, 0.717) is 31.7 Å². The SMILES string of the molecule is C[C@H]1CN(c2ccc([N+](=O)[O-])cc2F)CCN1C(=O)Cc1ccccc1. The summed E-state index contributed by atoms with van der Waals surface area (Å²) in [5, 5.41) is 10.7. The zero-order valence-electron chi connectivity index (χ0n) is 14.5. The number of hydrogen-bond acceptors (Lipinski definition) is 4. The van der Waals surface area contributed by atoms with Crippen LogP contribution in [0.15, 0.2) is 48.5 Å². The summed E-state index contributed by atoms with van der Waals surface area (Å²) in [6.07, 6.45) is 0.344. The molecule has 1 amide bonds. The van der Waals surface area contributed by atoms with Crippen LogP contribution in [-0.4, -0.2) is 41.4 Å². The van der Waals surface area contributed by atoms with Crippen LogP contribution in [0.3, 0.4) is 0 Å². The third-order valence-electron chi connectivity index (χ3n) is 4.63. The monoisotopic (exact) mass is 357 g/mol. The van der Waals surface area contributed by atoms with Crippen molar-refractivity contribution in [3.8, 4) is 0 Å². The summed E-state index contributed by atoms with van der Waals surface area (Å²) >= 11 is 0. The van der Waals surface area contributed by atoms with Gasteiger partial charge in [-0.15, -0.1) is 0 Å². The minimum atomic E-state index is -0.615. The Morgan fingerprint density at radius 1 is 1.23 bits per heavy atom. The van der Waals surface area contributed by atoms with Gasteiger partial charge in [0.1, 0.15) is 0 Å². The number of amides is 1. The van der Waals surface area contributed by atoms with Crippen LogP contribution < -0.4 is 4.90 Å². The lowest BCUT2D eigenvalue weighted by molar-refractivity contribution is -0.385. The lowest BCUT2D eigenvalue weighted by Crippen LogP contribution is -2.54. The summed E-state index contributed by atoms with van der Waals surface area (Å²) in [7, 11) is 0. The first-order valence-corrected chi connectivity index (χ1v) is 8.48. The largest absolute Gasteiger partial charge is 0.365 e. The molecule has 136 valence electrons. The molecule has 1 fully saturated rings. The smallest absolute Gasteiger partial charge is 0.272 e. The van der Waals surface area contributed by atoms with Crippen molar-refractivity contribution in [1.29, 1.82) is 0 Å². The number of carbonyl (C=O) groups is 1. The molecule has 2 aromatic rings. The molecular formula is C19H20FN3O3. The van der Waals surface area contributed by atoms with Crippen molar-refractivity contribution < 1.29 is 14.1 Å². The van der Waals surface area contributed by atoms with Crippen LogP contribution in [0.1, 0.15) is 12.5 Å². The topological polar surface area (TPSA) is 66.7 Å². The molecule has 1 heterocycles. The zero-order valence-corrected chi connectivity index (χ0v) is 14.5. The third-order valence-corrected chi connectivity index (χ3v) is 4.63. The Balaban J connectivity index is 1.66. The summed E-state index contributed by atoms with van der Waals surface area (Å²) in [5.41, 5.74) is 1.03. The minimum absolute atomic E-state index is 0.0486. The molecule has 0 spiro atoms. The number of anilines is 1. The summed E-state index contributed by atoms with van der Waals surface area (Å²) in [4.78, 5) is 26.3. The van der Waals surface area contributed by atoms with Crippen LogP contribution in [0.4, 0.5) is 15.8 Å². The Morgan fingerprint density at radius 2 is 1.96 bits per heavy atom. The Morgan fingerprint density at radius 3 is 2.58 bits per heavy atom. The van der Waals surface area contributed by atoms with Crippen molar-refractivity contribution in [2.45, 2.75) is 19.4 Å². The second kappa shape index (κ2) is 7.51. The highest BCUT2D eigenvalue weighted by Gasteiger charge is 2.29. The van der Waals surface area contributed by atoms with Gasteiger partial charge in [-0.2, -0.15) is 0 Å². The number of rotatable bonds is 4. The van der Waals surface area contributed by atoms with E-state index in [1.807, 2.05) is 47.1 Å². The van der Waals surface area contributed by atoms with E-state index in [4.69, 9.17) is 0 Å². The average Bonchev–Trinajstić information content (AvgIpc) is 2.62. The maximum absolute atomic E-state index is 14.2. The van der Waals surface area contributed by atoms with Gasteiger partial charge in [0.15, 0.2) is 5.82 Å². The van der Waals surface area contributed by atoms with Crippen molar-refractivity contribution in [1.82, 2.24) is 4.90 Å². The summed E-state index contributed by atoms with van der Waals surface area (Å²) in [6.45, 7) is 3.39. The maximum Gasteiger partial charge on any atom is 0.272 e. The van der Waals surface area contributed by atoms with Crippen LogP contribution >= 0.6 is 0 Å². The number of nitro groups is 1. The Hall–Kier alpha value is -2.96. The van der Waals surface area contributed by atoms with Crippen LogP contribution in [0.5, 0.6) is 0 Å². The van der Waals surface area contributed by atoms with Gasteiger partial charge in [0.05, 0.1) is 23.1 Å². The van der Waals surface area contributed by atoms with Crippen molar-refractivity contribution in [2.75, 3.05) is 24.5 Å². The molecule has 6 nitrogen and oxygen atoms in total. The van der Waals surface area contributed by atoms with Gasteiger partial charge in [-0.1, -0.05) is 30.3 Å². The summed E-state index contributed by atoms with van der Waals surface area (Å²) < 4.78 is 14.2. The van der Waals surface area contributed by atoms with Gasteiger partial charge in [0, 0.05) is 31.7 Å². The standard InChI is InChI=1S/C19H20FN3O3/c1-14-13-21(18-8-7-16(23(25)26)12-17(18)20)9-10-22(14)19(24)11-15-5-3-2-4-6-15/h2-8,12,14H,9-11,13H2,1H3/t14-/m0/s1. The first-order valence-electron chi connectivity index (χ1n) is 8.48. The van der Waals surface area contributed by atoms with Crippen molar-refractivity contribution in [3.63, 3.8) is 0 Å². The van der Waals surface area contributed by atoms with Gasteiger partial charge in [-0.3, -0.25) is 14.9 Å². The fourth-order valence-electron chi connectivity index (χ4n) is 3.28. The van der Waals surface area contributed by atoms with Gasteiger partial charge >= 0.3 is 0 Å². The number of carbonyl (C=O) groups excluding carboxylic acids is 1. The number of hydrogen-bond donors (Lipinski definition) is 0. The van der Waals surface area contributed by atoms with Crippen LogP contribution in [0.2, 0.25) is 0 Å². The fraction of sp³-hybridized carbons (Fsp3) is 0.316.